The minimum Gasteiger partial charge on any atom is -0.313 e. The van der Waals surface area contributed by atoms with Gasteiger partial charge in [0.15, 0.2) is 0 Å². The first-order chi connectivity index (χ1) is 13.3. The standard InChI is InChI=1S/C22H23N5/c23-13-18-8-10-20(11-9-18)14-26-12-4-7-21(16-26)22-25-24-17-27(22)15-19-5-2-1-3-6-19/h1-3,5-6,8-11,17,21H,4,7,12,14-16H2/t21-/m0/s1. The number of nitrogens with zero attached hydrogens (tertiary/aromatic N) is 5. The van der Waals surface area contributed by atoms with Crippen LogP contribution in [0.3, 0.4) is 0 Å². The van der Waals surface area contributed by atoms with Crippen LogP contribution in [0.25, 0.3) is 0 Å². The van der Waals surface area contributed by atoms with Crippen LogP contribution < -0.4 is 0 Å². The van der Waals surface area contributed by atoms with E-state index in [1.54, 1.807) is 0 Å². The number of nitriles is 1. The minimum absolute atomic E-state index is 0.406. The summed E-state index contributed by atoms with van der Waals surface area (Å²) < 4.78 is 2.19. The van der Waals surface area contributed by atoms with E-state index >= 15 is 0 Å². The Balaban J connectivity index is 1.44. The van der Waals surface area contributed by atoms with Gasteiger partial charge < -0.3 is 4.57 Å². The first-order valence-corrected chi connectivity index (χ1v) is 9.45. The van der Waals surface area contributed by atoms with Crippen molar-refractivity contribution in [2.75, 3.05) is 13.1 Å². The molecule has 0 N–H and O–H groups in total. The molecule has 3 aromatic rings. The zero-order valence-electron chi connectivity index (χ0n) is 15.3. The number of aromatic nitrogens is 3. The van der Waals surface area contributed by atoms with Crippen LogP contribution in [-0.2, 0) is 13.1 Å². The van der Waals surface area contributed by atoms with E-state index in [4.69, 9.17) is 5.26 Å². The Morgan fingerprint density at radius 1 is 1.00 bits per heavy atom. The van der Waals surface area contributed by atoms with E-state index in [9.17, 15) is 0 Å². The van der Waals surface area contributed by atoms with Crippen molar-refractivity contribution in [3.63, 3.8) is 0 Å². The number of likely N-dealkylation sites (tertiary alicyclic amines) is 1. The summed E-state index contributed by atoms with van der Waals surface area (Å²) in [7, 11) is 0. The summed E-state index contributed by atoms with van der Waals surface area (Å²) in [6.07, 6.45) is 4.17. The monoisotopic (exact) mass is 357 g/mol. The lowest BCUT2D eigenvalue weighted by Gasteiger charge is -2.32. The predicted octanol–water partition coefficient (Wildman–Crippen LogP) is 3.58. The van der Waals surface area contributed by atoms with Gasteiger partial charge in [0.1, 0.15) is 12.2 Å². The topological polar surface area (TPSA) is 57.7 Å². The fourth-order valence-corrected chi connectivity index (χ4v) is 3.83. The van der Waals surface area contributed by atoms with E-state index in [1.807, 2.05) is 24.5 Å². The van der Waals surface area contributed by atoms with Crippen molar-refractivity contribution >= 4 is 0 Å². The molecule has 5 heteroatoms. The van der Waals surface area contributed by atoms with Gasteiger partial charge in [-0.1, -0.05) is 42.5 Å². The van der Waals surface area contributed by atoms with Gasteiger partial charge in [-0.25, -0.2) is 0 Å². The third-order valence-electron chi connectivity index (χ3n) is 5.20. The van der Waals surface area contributed by atoms with E-state index < -0.39 is 0 Å². The average Bonchev–Trinajstić information content (AvgIpc) is 3.18. The van der Waals surface area contributed by atoms with Crippen molar-refractivity contribution in [1.82, 2.24) is 19.7 Å². The summed E-state index contributed by atoms with van der Waals surface area (Å²) in [5.41, 5.74) is 3.23. The van der Waals surface area contributed by atoms with E-state index in [-0.39, 0.29) is 0 Å². The molecule has 1 saturated heterocycles. The van der Waals surface area contributed by atoms with Gasteiger partial charge in [-0.3, -0.25) is 4.90 Å². The Hall–Kier alpha value is -2.97. The summed E-state index contributed by atoms with van der Waals surface area (Å²) in [5, 5.41) is 17.6. The lowest BCUT2D eigenvalue weighted by Crippen LogP contribution is -2.35. The Kier molecular flexibility index (Phi) is 5.27. The maximum atomic E-state index is 8.95. The van der Waals surface area contributed by atoms with E-state index in [0.29, 0.717) is 11.5 Å². The molecule has 1 aliphatic rings. The van der Waals surface area contributed by atoms with Gasteiger partial charge in [0.2, 0.25) is 0 Å². The normalized spacial score (nSPS) is 17.5. The van der Waals surface area contributed by atoms with Gasteiger partial charge in [0.25, 0.3) is 0 Å². The number of piperidine rings is 1. The van der Waals surface area contributed by atoms with Crippen molar-refractivity contribution in [3.05, 3.63) is 83.4 Å². The van der Waals surface area contributed by atoms with E-state index in [0.717, 1.165) is 38.4 Å². The molecule has 0 radical (unpaired) electrons. The summed E-state index contributed by atoms with van der Waals surface area (Å²) >= 11 is 0. The summed E-state index contributed by atoms with van der Waals surface area (Å²) in [6.45, 7) is 3.82. The quantitative estimate of drug-likeness (QED) is 0.700. The van der Waals surface area contributed by atoms with Crippen molar-refractivity contribution in [2.45, 2.75) is 31.8 Å². The summed E-state index contributed by atoms with van der Waals surface area (Å²) in [5.74, 6) is 1.49. The molecule has 0 saturated carbocycles. The first kappa shape index (κ1) is 17.4. The molecule has 1 aliphatic heterocycles. The Morgan fingerprint density at radius 3 is 2.56 bits per heavy atom. The number of hydrogen-bond acceptors (Lipinski definition) is 4. The highest BCUT2D eigenvalue weighted by molar-refractivity contribution is 5.31. The molecule has 2 aromatic carbocycles. The molecule has 0 amide bonds. The number of rotatable bonds is 5. The maximum Gasteiger partial charge on any atom is 0.137 e. The second-order valence-electron chi connectivity index (χ2n) is 7.19. The Labute approximate surface area is 159 Å². The fraction of sp³-hybridized carbons (Fsp3) is 0.318. The van der Waals surface area contributed by atoms with Gasteiger partial charge in [-0.2, -0.15) is 5.26 Å². The minimum atomic E-state index is 0.406. The lowest BCUT2D eigenvalue weighted by atomic mass is 9.96. The van der Waals surface area contributed by atoms with Crippen LogP contribution in [0, 0.1) is 11.3 Å². The van der Waals surface area contributed by atoms with Crippen LogP contribution in [0.5, 0.6) is 0 Å². The highest BCUT2D eigenvalue weighted by Crippen LogP contribution is 2.27. The molecule has 0 bridgehead atoms. The highest BCUT2D eigenvalue weighted by atomic mass is 15.3. The van der Waals surface area contributed by atoms with E-state index in [2.05, 4.69) is 62.1 Å². The molecule has 2 heterocycles. The molecule has 0 spiro atoms. The number of benzene rings is 2. The molecule has 0 aliphatic carbocycles. The van der Waals surface area contributed by atoms with E-state index in [1.165, 1.54) is 17.5 Å². The highest BCUT2D eigenvalue weighted by Gasteiger charge is 2.25. The zero-order valence-corrected chi connectivity index (χ0v) is 15.3. The largest absolute Gasteiger partial charge is 0.313 e. The predicted molar refractivity (Wildman–Crippen MR) is 104 cm³/mol. The smallest absolute Gasteiger partial charge is 0.137 e. The average molecular weight is 357 g/mol. The van der Waals surface area contributed by atoms with Gasteiger partial charge in [-0.05, 0) is 42.6 Å². The van der Waals surface area contributed by atoms with Crippen LogP contribution in [0.4, 0.5) is 0 Å². The van der Waals surface area contributed by atoms with Crippen molar-refractivity contribution in [2.24, 2.45) is 0 Å². The van der Waals surface area contributed by atoms with Gasteiger partial charge in [0, 0.05) is 19.0 Å². The third kappa shape index (κ3) is 4.24. The molecule has 5 nitrogen and oxygen atoms in total. The van der Waals surface area contributed by atoms with Crippen molar-refractivity contribution < 1.29 is 0 Å². The zero-order chi connectivity index (χ0) is 18.5. The SMILES string of the molecule is N#Cc1ccc(CN2CCC[C@H](c3nncn3Cc3ccccc3)C2)cc1. The third-order valence-corrected chi connectivity index (χ3v) is 5.20. The van der Waals surface area contributed by atoms with Crippen molar-refractivity contribution in [1.29, 1.82) is 5.26 Å². The van der Waals surface area contributed by atoms with Gasteiger partial charge in [0.05, 0.1) is 18.2 Å². The lowest BCUT2D eigenvalue weighted by molar-refractivity contribution is 0.194. The molecule has 1 aromatic heterocycles. The van der Waals surface area contributed by atoms with Gasteiger partial charge in [-0.15, -0.1) is 10.2 Å². The first-order valence-electron chi connectivity index (χ1n) is 9.45. The molecule has 136 valence electrons. The maximum absolute atomic E-state index is 8.95. The second-order valence-corrected chi connectivity index (χ2v) is 7.19. The molecular formula is C22H23N5. The van der Waals surface area contributed by atoms with Crippen LogP contribution >= 0.6 is 0 Å². The molecular weight excluding hydrogens is 334 g/mol. The second kappa shape index (κ2) is 8.15. The molecule has 27 heavy (non-hydrogen) atoms. The number of hydrogen-bond donors (Lipinski definition) is 0. The molecule has 0 unspecified atom stereocenters. The van der Waals surface area contributed by atoms with Crippen LogP contribution in [0.2, 0.25) is 0 Å². The molecule has 4 rings (SSSR count). The van der Waals surface area contributed by atoms with Crippen molar-refractivity contribution in [3.8, 4) is 6.07 Å². The van der Waals surface area contributed by atoms with Crippen LogP contribution in [-0.4, -0.2) is 32.8 Å². The van der Waals surface area contributed by atoms with Crippen LogP contribution in [0.1, 0.15) is 41.3 Å². The Bertz CT molecular complexity index is 908. The fourth-order valence-electron chi connectivity index (χ4n) is 3.83. The molecule has 1 fully saturated rings. The summed E-state index contributed by atoms with van der Waals surface area (Å²) in [4.78, 5) is 2.48. The van der Waals surface area contributed by atoms with Gasteiger partial charge >= 0.3 is 0 Å². The Morgan fingerprint density at radius 2 is 1.78 bits per heavy atom. The van der Waals surface area contributed by atoms with Crippen LogP contribution in [0.15, 0.2) is 60.9 Å². The summed E-state index contributed by atoms with van der Waals surface area (Å²) in [6, 6.07) is 20.5. The molecule has 1 atom stereocenters.